The van der Waals surface area contributed by atoms with Gasteiger partial charge in [-0.2, -0.15) is 0 Å². The van der Waals surface area contributed by atoms with Crippen molar-refractivity contribution in [2.24, 2.45) is 0 Å². The van der Waals surface area contributed by atoms with Gasteiger partial charge in [-0.3, -0.25) is 4.79 Å². The second-order valence-electron chi connectivity index (χ2n) is 3.90. The van der Waals surface area contributed by atoms with Crippen LogP contribution in [0.3, 0.4) is 0 Å². The lowest BCUT2D eigenvalue weighted by Gasteiger charge is -2.21. The Morgan fingerprint density at radius 2 is 1.94 bits per heavy atom. The molecule has 17 heavy (non-hydrogen) atoms. The minimum atomic E-state index is 0.480. The molecule has 2 rings (SSSR count). The summed E-state index contributed by atoms with van der Waals surface area (Å²) in [7, 11) is 0. The van der Waals surface area contributed by atoms with E-state index in [-0.39, 0.29) is 0 Å². The van der Waals surface area contributed by atoms with E-state index in [1.54, 1.807) is 6.07 Å². The predicted molar refractivity (Wildman–Crippen MR) is 70.7 cm³/mol. The normalized spacial score (nSPS) is 10.5. The van der Waals surface area contributed by atoms with Crippen molar-refractivity contribution in [3.8, 4) is 0 Å². The molecule has 0 fully saturated rings. The molecule has 0 saturated heterocycles. The quantitative estimate of drug-likeness (QED) is 0.754. The van der Waals surface area contributed by atoms with E-state index in [0.29, 0.717) is 5.69 Å². The van der Waals surface area contributed by atoms with Crippen LogP contribution in [0.4, 0.5) is 5.69 Å². The van der Waals surface area contributed by atoms with Crippen LogP contribution in [0.5, 0.6) is 0 Å². The molecule has 0 spiro atoms. The summed E-state index contributed by atoms with van der Waals surface area (Å²) >= 11 is 0. The lowest BCUT2D eigenvalue weighted by Crippen LogP contribution is -2.21. The lowest BCUT2D eigenvalue weighted by atomic mass is 10.1. The largest absolute Gasteiger partial charge is 0.372 e. The number of anilines is 1. The minimum absolute atomic E-state index is 0.480. The predicted octanol–water partition coefficient (Wildman–Crippen LogP) is 2.89. The summed E-state index contributed by atoms with van der Waals surface area (Å²) in [6, 6.07) is 9.83. The zero-order valence-electron chi connectivity index (χ0n) is 10.2. The number of aromatic nitrogens is 1. The van der Waals surface area contributed by atoms with Gasteiger partial charge in [0.2, 0.25) is 0 Å². The third-order valence-electron chi connectivity index (χ3n) is 2.94. The number of pyridine rings is 1. The van der Waals surface area contributed by atoms with E-state index >= 15 is 0 Å². The van der Waals surface area contributed by atoms with E-state index in [2.05, 4.69) is 35.9 Å². The first-order chi connectivity index (χ1) is 8.28. The number of aldehydes is 1. The zero-order chi connectivity index (χ0) is 12.3. The first-order valence-corrected chi connectivity index (χ1v) is 5.89. The van der Waals surface area contributed by atoms with Gasteiger partial charge < -0.3 is 4.90 Å². The SMILES string of the molecule is CCN(CC)c1ccc2nc(C=O)ccc2c1. The number of fused-ring (bicyclic) bond motifs is 1. The lowest BCUT2D eigenvalue weighted by molar-refractivity contribution is 0.111. The van der Waals surface area contributed by atoms with Crippen molar-refractivity contribution in [3.05, 3.63) is 36.0 Å². The summed E-state index contributed by atoms with van der Waals surface area (Å²) in [5, 5.41) is 1.07. The summed E-state index contributed by atoms with van der Waals surface area (Å²) in [5.41, 5.74) is 2.54. The molecule has 0 radical (unpaired) electrons. The van der Waals surface area contributed by atoms with Gasteiger partial charge in [-0.15, -0.1) is 0 Å². The third kappa shape index (κ3) is 2.28. The molecule has 1 aromatic carbocycles. The Balaban J connectivity index is 2.47. The average molecular weight is 228 g/mol. The standard InChI is InChI=1S/C14H16N2O/c1-3-16(4-2)13-7-8-14-11(9-13)5-6-12(10-17)15-14/h5-10H,3-4H2,1-2H3. The molecule has 3 heteroatoms. The fourth-order valence-electron chi connectivity index (χ4n) is 1.98. The molecule has 0 bridgehead atoms. The Morgan fingerprint density at radius 3 is 2.59 bits per heavy atom. The molecule has 2 aromatic rings. The van der Waals surface area contributed by atoms with Crippen LogP contribution in [0.1, 0.15) is 24.3 Å². The fourth-order valence-corrected chi connectivity index (χ4v) is 1.98. The highest BCUT2D eigenvalue weighted by Gasteiger charge is 2.03. The van der Waals surface area contributed by atoms with Gasteiger partial charge in [0.25, 0.3) is 0 Å². The summed E-state index contributed by atoms with van der Waals surface area (Å²) < 4.78 is 0. The second-order valence-corrected chi connectivity index (χ2v) is 3.90. The van der Waals surface area contributed by atoms with E-state index < -0.39 is 0 Å². The molecular formula is C14H16N2O. The maximum absolute atomic E-state index is 10.6. The summed E-state index contributed by atoms with van der Waals surface area (Å²) in [5.74, 6) is 0. The highest BCUT2D eigenvalue weighted by molar-refractivity contribution is 5.86. The highest BCUT2D eigenvalue weighted by Crippen LogP contribution is 2.21. The van der Waals surface area contributed by atoms with E-state index in [1.165, 1.54) is 5.69 Å². The number of benzene rings is 1. The van der Waals surface area contributed by atoms with Crippen LogP contribution in [-0.4, -0.2) is 24.4 Å². The smallest absolute Gasteiger partial charge is 0.168 e. The van der Waals surface area contributed by atoms with Crippen LogP contribution >= 0.6 is 0 Å². The molecule has 1 aromatic heterocycles. The number of hydrogen-bond acceptors (Lipinski definition) is 3. The Morgan fingerprint density at radius 1 is 1.18 bits per heavy atom. The van der Waals surface area contributed by atoms with Crippen LogP contribution in [0.25, 0.3) is 10.9 Å². The van der Waals surface area contributed by atoms with E-state index in [0.717, 1.165) is 30.3 Å². The zero-order valence-corrected chi connectivity index (χ0v) is 10.2. The van der Waals surface area contributed by atoms with Crippen molar-refractivity contribution in [2.45, 2.75) is 13.8 Å². The van der Waals surface area contributed by atoms with Gasteiger partial charge in [0.05, 0.1) is 5.52 Å². The van der Waals surface area contributed by atoms with Crippen molar-refractivity contribution in [3.63, 3.8) is 0 Å². The fraction of sp³-hybridized carbons (Fsp3) is 0.286. The van der Waals surface area contributed by atoms with Crippen LogP contribution in [-0.2, 0) is 0 Å². The average Bonchev–Trinajstić information content (AvgIpc) is 2.39. The molecule has 88 valence electrons. The maximum atomic E-state index is 10.6. The van der Waals surface area contributed by atoms with E-state index in [9.17, 15) is 4.79 Å². The van der Waals surface area contributed by atoms with Crippen LogP contribution in [0.15, 0.2) is 30.3 Å². The summed E-state index contributed by atoms with van der Waals surface area (Å²) in [6.45, 7) is 6.26. The number of rotatable bonds is 4. The molecule has 0 N–H and O–H groups in total. The van der Waals surface area contributed by atoms with Crippen LogP contribution in [0, 0.1) is 0 Å². The topological polar surface area (TPSA) is 33.2 Å². The van der Waals surface area contributed by atoms with Crippen LogP contribution in [0.2, 0.25) is 0 Å². The van der Waals surface area contributed by atoms with Crippen molar-refractivity contribution in [2.75, 3.05) is 18.0 Å². The minimum Gasteiger partial charge on any atom is -0.372 e. The molecular weight excluding hydrogens is 212 g/mol. The first kappa shape index (κ1) is 11.6. The first-order valence-electron chi connectivity index (χ1n) is 5.89. The molecule has 0 unspecified atom stereocenters. The van der Waals surface area contributed by atoms with Gasteiger partial charge in [-0.1, -0.05) is 6.07 Å². The maximum Gasteiger partial charge on any atom is 0.168 e. The summed E-state index contributed by atoms with van der Waals surface area (Å²) in [4.78, 5) is 17.2. The van der Waals surface area contributed by atoms with Crippen molar-refractivity contribution < 1.29 is 4.79 Å². The molecule has 0 aliphatic rings. The number of nitrogens with zero attached hydrogens (tertiary/aromatic N) is 2. The molecule has 0 aliphatic heterocycles. The van der Waals surface area contributed by atoms with Gasteiger partial charge >= 0.3 is 0 Å². The van der Waals surface area contributed by atoms with Crippen molar-refractivity contribution in [1.29, 1.82) is 0 Å². The number of carbonyl (C=O) groups is 1. The Hall–Kier alpha value is -1.90. The molecule has 0 aliphatic carbocycles. The number of hydrogen-bond donors (Lipinski definition) is 0. The van der Waals surface area contributed by atoms with Gasteiger partial charge in [-0.05, 0) is 38.1 Å². The second kappa shape index (κ2) is 4.95. The van der Waals surface area contributed by atoms with Crippen molar-refractivity contribution >= 4 is 22.9 Å². The molecule has 1 heterocycles. The number of carbonyl (C=O) groups excluding carboxylic acids is 1. The Labute approximate surface area is 101 Å². The van der Waals surface area contributed by atoms with Gasteiger partial charge in [-0.25, -0.2) is 4.98 Å². The molecule has 0 saturated carbocycles. The highest BCUT2D eigenvalue weighted by atomic mass is 16.1. The Bertz CT molecular complexity index is 533. The molecule has 3 nitrogen and oxygen atoms in total. The van der Waals surface area contributed by atoms with E-state index in [1.807, 2.05) is 12.1 Å². The third-order valence-corrected chi connectivity index (χ3v) is 2.94. The van der Waals surface area contributed by atoms with Gasteiger partial charge in [0.1, 0.15) is 5.69 Å². The van der Waals surface area contributed by atoms with Crippen LogP contribution < -0.4 is 4.90 Å². The Kier molecular flexibility index (Phi) is 3.38. The monoisotopic (exact) mass is 228 g/mol. The van der Waals surface area contributed by atoms with Gasteiger partial charge in [0, 0.05) is 24.2 Å². The van der Waals surface area contributed by atoms with Crippen molar-refractivity contribution in [1.82, 2.24) is 4.98 Å². The molecule has 0 amide bonds. The summed E-state index contributed by atoms with van der Waals surface area (Å²) in [6.07, 6.45) is 0.776. The molecule has 0 atom stereocenters. The van der Waals surface area contributed by atoms with E-state index in [4.69, 9.17) is 0 Å². The van der Waals surface area contributed by atoms with Gasteiger partial charge in [0.15, 0.2) is 6.29 Å².